The molecule has 4 aromatic heterocycles. The summed E-state index contributed by atoms with van der Waals surface area (Å²) in [6, 6.07) is 5.92. The first-order chi connectivity index (χ1) is 35.9. The maximum Gasteiger partial charge on any atom is 0.325 e. The lowest BCUT2D eigenvalue weighted by molar-refractivity contribution is -0.174. The van der Waals surface area contributed by atoms with Gasteiger partial charge in [0.25, 0.3) is 5.91 Å². The third-order valence-electron chi connectivity index (χ3n) is 15.5. The summed E-state index contributed by atoms with van der Waals surface area (Å²) in [6.45, 7) is 13.0. The zero-order valence-electron chi connectivity index (χ0n) is 42.7. The Morgan fingerprint density at radius 1 is 1.03 bits per heavy atom. The van der Waals surface area contributed by atoms with Gasteiger partial charge in [-0.15, -0.1) is 11.3 Å². The van der Waals surface area contributed by atoms with Crippen LogP contribution in [0.15, 0.2) is 54.6 Å². The number of nitrogens with zero attached hydrogens (tertiary/aromatic N) is 7. The van der Waals surface area contributed by atoms with Gasteiger partial charge in [-0.05, 0) is 68.7 Å². The second kappa shape index (κ2) is 21.5. The van der Waals surface area contributed by atoms with Crippen molar-refractivity contribution in [2.75, 3.05) is 66.4 Å². The van der Waals surface area contributed by atoms with Crippen molar-refractivity contribution in [3.05, 3.63) is 82.0 Å². The molecule has 0 spiro atoms. The van der Waals surface area contributed by atoms with Crippen LogP contribution in [0, 0.1) is 29.1 Å². The second-order valence-electron chi connectivity index (χ2n) is 21.3. The van der Waals surface area contributed by atoms with E-state index in [2.05, 4.69) is 80.1 Å². The van der Waals surface area contributed by atoms with Crippen molar-refractivity contribution >= 4 is 40.0 Å². The highest BCUT2D eigenvalue weighted by Gasteiger charge is 2.53. The van der Waals surface area contributed by atoms with Gasteiger partial charge in [-0.25, -0.2) is 20.4 Å². The highest BCUT2D eigenvalue weighted by Crippen LogP contribution is 2.44. The molecule has 6 fully saturated rings. The van der Waals surface area contributed by atoms with E-state index in [4.69, 9.17) is 38.4 Å². The summed E-state index contributed by atoms with van der Waals surface area (Å²) >= 11 is 1.47. The van der Waals surface area contributed by atoms with E-state index in [0.717, 1.165) is 57.5 Å². The molecule has 12 rings (SSSR count). The number of ether oxygens (including phenoxy) is 6. The van der Waals surface area contributed by atoms with E-state index in [9.17, 15) is 9.59 Å². The van der Waals surface area contributed by atoms with Crippen molar-refractivity contribution in [3.63, 3.8) is 0 Å². The van der Waals surface area contributed by atoms with Crippen LogP contribution in [-0.4, -0.2) is 149 Å². The van der Waals surface area contributed by atoms with Crippen molar-refractivity contribution in [3.8, 4) is 34.4 Å². The quantitative estimate of drug-likeness (QED) is 0.133. The molecule has 0 radical (unpaired) electrons. The molecular weight excluding hydrogens is 963 g/mol. The maximum absolute atomic E-state index is 15.3. The Balaban J connectivity index is 1.09. The van der Waals surface area contributed by atoms with Gasteiger partial charge in [0.05, 0.1) is 73.9 Å². The number of aromatic nitrogens is 5. The molecule has 6 aliphatic heterocycles. The summed E-state index contributed by atoms with van der Waals surface area (Å²) in [7, 11) is 1.69. The maximum atomic E-state index is 15.3. The SMILES string of the molecule is CO[C@@H](C)c1ncc(C#Cc2cncnc2)cc1-c1c2c3cc(ccc3n1CCOC1CCOCC1)-c1csc(n1)[C@@H](N1CCOCC1)[C@H](NC(=O)[C@H]1OC[C@@H]1C)C(=O)N1N[C@H](C(=O)OCC(C)(C)C2)C2CC1C2. The number of fused-ring (bicyclic) bond motifs is 4. The summed E-state index contributed by atoms with van der Waals surface area (Å²) < 4.78 is 38.6. The van der Waals surface area contributed by atoms with Crippen LogP contribution in [0.5, 0.6) is 0 Å². The van der Waals surface area contributed by atoms with Crippen LogP contribution >= 0.6 is 11.3 Å². The summed E-state index contributed by atoms with van der Waals surface area (Å²) in [5, 5.41) is 8.49. The normalized spacial score (nSPS) is 26.7. The zero-order valence-corrected chi connectivity index (χ0v) is 43.5. The largest absolute Gasteiger partial charge is 0.464 e. The van der Waals surface area contributed by atoms with Gasteiger partial charge in [-0.3, -0.25) is 29.3 Å². The number of cyclic esters (lactones) is 1. The lowest BCUT2D eigenvalue weighted by atomic mass is 9.73. The lowest BCUT2D eigenvalue weighted by Gasteiger charge is -2.53. The number of hydrogen-bond acceptors (Lipinski definition) is 16. The van der Waals surface area contributed by atoms with Crippen molar-refractivity contribution in [2.24, 2.45) is 17.3 Å². The van der Waals surface area contributed by atoms with Gasteiger partial charge >= 0.3 is 5.97 Å². The Morgan fingerprint density at radius 2 is 1.80 bits per heavy atom. The van der Waals surface area contributed by atoms with Crippen LogP contribution in [0.1, 0.15) is 92.9 Å². The van der Waals surface area contributed by atoms with Crippen molar-refractivity contribution in [1.82, 2.24) is 45.2 Å². The Kier molecular flexibility index (Phi) is 14.7. The number of morpholine rings is 1. The molecule has 1 aromatic carbocycles. The fourth-order valence-electron chi connectivity index (χ4n) is 11.3. The fraction of sp³-hybridized carbons (Fsp3) is 0.545. The number of carbonyl (C=O) groups is 3. The fourth-order valence-corrected chi connectivity index (χ4v) is 12.3. The number of carbonyl (C=O) groups excluding carboxylic acids is 3. The minimum atomic E-state index is -1.07. The molecule has 5 aromatic rings. The third-order valence-corrected chi connectivity index (χ3v) is 16.5. The molecule has 2 amide bonds. The molecule has 7 aliphatic rings. The van der Waals surface area contributed by atoms with Gasteiger partial charge in [-0.1, -0.05) is 38.7 Å². The van der Waals surface area contributed by atoms with Crippen LogP contribution in [0.4, 0.5) is 0 Å². The number of amides is 2. The minimum Gasteiger partial charge on any atom is -0.464 e. The van der Waals surface area contributed by atoms with Crippen LogP contribution in [0.25, 0.3) is 33.4 Å². The molecule has 390 valence electrons. The predicted molar refractivity (Wildman–Crippen MR) is 274 cm³/mol. The van der Waals surface area contributed by atoms with Crippen molar-refractivity contribution < 1.29 is 42.8 Å². The van der Waals surface area contributed by atoms with Crippen LogP contribution in [-0.2, 0) is 55.8 Å². The van der Waals surface area contributed by atoms with E-state index in [-0.39, 0.29) is 48.5 Å². The summed E-state index contributed by atoms with van der Waals surface area (Å²) in [5.74, 6) is 5.43. The number of methoxy groups -OCH3 is 1. The average molecular weight is 1030 g/mol. The van der Waals surface area contributed by atoms with Crippen LogP contribution in [0.2, 0.25) is 0 Å². The molecule has 5 saturated heterocycles. The van der Waals surface area contributed by atoms with Crippen LogP contribution in [0.3, 0.4) is 0 Å². The zero-order chi connectivity index (χ0) is 51.1. The Bertz CT molecular complexity index is 2940. The number of rotatable bonds is 10. The number of hydrazine groups is 1. The van der Waals surface area contributed by atoms with E-state index in [0.29, 0.717) is 94.7 Å². The molecule has 74 heavy (non-hydrogen) atoms. The highest BCUT2D eigenvalue weighted by atomic mass is 32.1. The third kappa shape index (κ3) is 10.2. The van der Waals surface area contributed by atoms with E-state index < -0.39 is 35.6 Å². The smallest absolute Gasteiger partial charge is 0.325 e. The molecule has 19 heteroatoms. The second-order valence-corrected chi connectivity index (χ2v) is 22.2. The molecule has 1 aliphatic carbocycles. The number of benzene rings is 1. The topological polar surface area (TPSA) is 194 Å². The van der Waals surface area contributed by atoms with Gasteiger partial charge in [0, 0.05) is 109 Å². The predicted octanol–water partition coefficient (Wildman–Crippen LogP) is 5.43. The summed E-state index contributed by atoms with van der Waals surface area (Å²) in [4.78, 5) is 64.9. The average Bonchev–Trinajstić information content (AvgIpc) is 4.01. The van der Waals surface area contributed by atoms with E-state index in [1.54, 1.807) is 30.7 Å². The van der Waals surface area contributed by atoms with Crippen molar-refractivity contribution in [2.45, 2.75) is 109 Å². The number of nitrogens with one attached hydrogen (secondary N) is 2. The number of hydrogen-bond donors (Lipinski definition) is 2. The first-order valence-corrected chi connectivity index (χ1v) is 26.9. The Hall–Kier alpha value is -5.69. The Morgan fingerprint density at radius 3 is 2.54 bits per heavy atom. The monoisotopic (exact) mass is 1030 g/mol. The van der Waals surface area contributed by atoms with E-state index in [1.807, 2.05) is 19.2 Å². The number of esters is 1. The number of thiazole rings is 1. The molecule has 8 bridgehead atoms. The first kappa shape index (κ1) is 50.5. The molecule has 1 saturated carbocycles. The Labute approximate surface area is 435 Å². The van der Waals surface area contributed by atoms with Gasteiger partial charge in [0.2, 0.25) is 5.91 Å². The molecule has 2 N–H and O–H groups in total. The molecular formula is C55H65N9O9S. The van der Waals surface area contributed by atoms with Gasteiger partial charge in [0.15, 0.2) is 0 Å². The molecule has 0 unspecified atom stereocenters. The summed E-state index contributed by atoms with van der Waals surface area (Å²) in [6.07, 6.45) is 9.08. The first-order valence-electron chi connectivity index (χ1n) is 26.0. The number of pyridine rings is 1. The molecule has 6 atom stereocenters. The van der Waals surface area contributed by atoms with Crippen molar-refractivity contribution in [1.29, 1.82) is 0 Å². The lowest BCUT2D eigenvalue weighted by Crippen LogP contribution is -2.72. The standard InChI is InChI=1S/C55H65N9O9S/c1-32-28-72-50(32)51(65)60-47-49(62-12-17-70-18-13-62)52-59-43(29-74-52)36-8-9-44-40(23-36)42(24-55(3,4)30-73-54(67)46-37-21-38(22-37)64(61-46)53(47)66)48(63(44)14-19-71-39-10-15-69-16-11-39)41-20-34(27-58-45(41)33(2)68-5)6-7-35-25-56-31-57-26-35/h8-9,20,23,25-27,29,31-33,37-39,46-47,49-50,61H,10-19,21-22,24,28,30H2,1-5H3,(H,60,65)/t32-,33-,37?,38?,46-,47-,49-,50-/m0/s1. The van der Waals surface area contributed by atoms with Gasteiger partial charge in [-0.2, -0.15) is 0 Å². The van der Waals surface area contributed by atoms with Gasteiger partial charge < -0.3 is 38.3 Å². The molecule has 18 nitrogen and oxygen atoms in total. The van der Waals surface area contributed by atoms with E-state index in [1.165, 1.54) is 17.7 Å². The van der Waals surface area contributed by atoms with Gasteiger partial charge in [0.1, 0.15) is 29.5 Å². The molecule has 10 heterocycles. The minimum absolute atomic E-state index is 0.00440. The van der Waals surface area contributed by atoms with Crippen LogP contribution < -0.4 is 10.7 Å². The van der Waals surface area contributed by atoms with E-state index >= 15 is 4.79 Å². The highest BCUT2D eigenvalue weighted by molar-refractivity contribution is 7.10. The summed E-state index contributed by atoms with van der Waals surface area (Å²) in [5.41, 5.74) is 10.3.